The van der Waals surface area contributed by atoms with E-state index in [-0.39, 0.29) is 17.1 Å². The number of carboxylic acid groups (broad SMARTS) is 1. The first kappa shape index (κ1) is 17.2. The van der Waals surface area contributed by atoms with Gasteiger partial charge in [0.25, 0.3) is 0 Å². The first-order chi connectivity index (χ1) is 8.01. The molecule has 0 fully saturated rings. The number of hydrogen-bond acceptors (Lipinski definition) is 2. The Balaban J connectivity index is 4.47. The maximum Gasteiger partial charge on any atom is 0.306 e. The number of carbonyl (C=O) groups is 1. The Bertz CT molecular complexity index is 323. The monoisotopic (exact) mass is 270 g/mol. The minimum Gasteiger partial charge on any atom is -0.481 e. The molecule has 0 heterocycles. The van der Waals surface area contributed by atoms with Crippen LogP contribution in [0.15, 0.2) is 0 Å². The predicted octanol–water partition coefficient (Wildman–Crippen LogP) is 3.51. The van der Waals surface area contributed by atoms with Gasteiger partial charge in [-0.3, -0.25) is 4.79 Å². The molecule has 2 atom stereocenters. The minimum absolute atomic E-state index is 0.112. The van der Waals surface area contributed by atoms with E-state index in [1.807, 2.05) is 0 Å². The van der Waals surface area contributed by atoms with Crippen molar-refractivity contribution >= 4 is 14.3 Å². The van der Waals surface area contributed by atoms with E-state index in [0.717, 1.165) is 0 Å². The second-order valence-electron chi connectivity index (χ2n) is 6.35. The van der Waals surface area contributed by atoms with E-state index in [1.165, 1.54) is 0 Å². The van der Waals surface area contributed by atoms with Crippen LogP contribution < -0.4 is 0 Å². The van der Waals surface area contributed by atoms with Crippen molar-refractivity contribution in [3.8, 4) is 12.3 Å². The number of terminal acetylenes is 1. The van der Waals surface area contributed by atoms with Gasteiger partial charge in [-0.25, -0.2) is 0 Å². The molecule has 0 radical (unpaired) electrons. The van der Waals surface area contributed by atoms with Gasteiger partial charge in [0, 0.05) is 0 Å². The third kappa shape index (κ3) is 5.24. The molecule has 1 N–H and O–H groups in total. The van der Waals surface area contributed by atoms with Crippen molar-refractivity contribution in [2.45, 2.75) is 64.8 Å². The SMILES string of the molecule is C#CC(CCC(C)C(=O)O)O[Si](C)(C)C(C)(C)C. The van der Waals surface area contributed by atoms with Crippen LogP contribution >= 0.6 is 0 Å². The van der Waals surface area contributed by atoms with Gasteiger partial charge in [-0.15, -0.1) is 6.42 Å². The molecule has 0 aliphatic rings. The molecule has 0 aromatic heterocycles. The highest BCUT2D eigenvalue weighted by atomic mass is 28.4. The highest BCUT2D eigenvalue weighted by Crippen LogP contribution is 2.37. The molecule has 0 amide bonds. The van der Waals surface area contributed by atoms with Gasteiger partial charge in [-0.1, -0.05) is 33.6 Å². The van der Waals surface area contributed by atoms with Crippen molar-refractivity contribution in [2.75, 3.05) is 0 Å². The lowest BCUT2D eigenvalue weighted by Crippen LogP contribution is -2.43. The lowest BCUT2D eigenvalue weighted by molar-refractivity contribution is -0.141. The summed E-state index contributed by atoms with van der Waals surface area (Å²) >= 11 is 0. The molecule has 0 bridgehead atoms. The summed E-state index contributed by atoms with van der Waals surface area (Å²) in [5, 5.41) is 8.96. The van der Waals surface area contributed by atoms with Crippen molar-refractivity contribution in [2.24, 2.45) is 5.92 Å². The normalized spacial score (nSPS) is 15.8. The van der Waals surface area contributed by atoms with Crippen LogP contribution in [0.25, 0.3) is 0 Å². The van der Waals surface area contributed by atoms with Crippen LogP contribution in [-0.4, -0.2) is 25.5 Å². The number of hydrogen-bond donors (Lipinski definition) is 1. The number of rotatable bonds is 6. The standard InChI is InChI=1S/C14H26O3Si/c1-8-12(10-9-11(2)13(15)16)17-18(6,7)14(3,4)5/h1,11-12H,9-10H2,2-7H3,(H,15,16). The zero-order valence-electron chi connectivity index (χ0n) is 12.4. The Morgan fingerprint density at radius 1 is 1.39 bits per heavy atom. The Morgan fingerprint density at radius 3 is 2.22 bits per heavy atom. The molecule has 2 unspecified atom stereocenters. The molecule has 0 saturated heterocycles. The quantitative estimate of drug-likeness (QED) is 0.593. The van der Waals surface area contributed by atoms with Crippen molar-refractivity contribution in [1.29, 1.82) is 0 Å². The fraction of sp³-hybridized carbons (Fsp3) is 0.786. The Morgan fingerprint density at radius 2 is 1.89 bits per heavy atom. The first-order valence-electron chi connectivity index (χ1n) is 6.38. The molecule has 0 aliphatic heterocycles. The third-order valence-corrected chi connectivity index (χ3v) is 8.20. The molecular formula is C14H26O3Si. The van der Waals surface area contributed by atoms with E-state index in [1.54, 1.807) is 6.92 Å². The molecule has 0 saturated carbocycles. The van der Waals surface area contributed by atoms with E-state index < -0.39 is 14.3 Å². The lowest BCUT2D eigenvalue weighted by Gasteiger charge is -2.38. The molecule has 18 heavy (non-hydrogen) atoms. The Kier molecular flexibility index (Phi) is 6.11. The largest absolute Gasteiger partial charge is 0.481 e. The fourth-order valence-electron chi connectivity index (χ4n) is 1.23. The molecule has 0 aromatic carbocycles. The van der Waals surface area contributed by atoms with Crippen LogP contribution in [0.2, 0.25) is 18.1 Å². The minimum atomic E-state index is -1.88. The van der Waals surface area contributed by atoms with Gasteiger partial charge in [-0.2, -0.15) is 0 Å². The van der Waals surface area contributed by atoms with Crippen molar-refractivity contribution in [3.05, 3.63) is 0 Å². The second-order valence-corrected chi connectivity index (χ2v) is 11.1. The zero-order chi connectivity index (χ0) is 14.6. The smallest absolute Gasteiger partial charge is 0.306 e. The Hall–Kier alpha value is -0.793. The van der Waals surface area contributed by atoms with Gasteiger partial charge >= 0.3 is 5.97 Å². The van der Waals surface area contributed by atoms with Crippen LogP contribution in [-0.2, 0) is 9.22 Å². The van der Waals surface area contributed by atoms with Crippen LogP contribution in [0.5, 0.6) is 0 Å². The van der Waals surface area contributed by atoms with Gasteiger partial charge in [0.05, 0.1) is 5.92 Å². The molecular weight excluding hydrogens is 244 g/mol. The average Bonchev–Trinajstić information content (AvgIpc) is 2.21. The summed E-state index contributed by atoms with van der Waals surface area (Å²) in [6.07, 6.45) is 6.38. The second kappa shape index (κ2) is 6.40. The molecule has 0 rings (SSSR count). The summed E-state index contributed by atoms with van der Waals surface area (Å²) < 4.78 is 6.09. The zero-order valence-corrected chi connectivity index (χ0v) is 13.4. The summed E-state index contributed by atoms with van der Waals surface area (Å²) in [5.41, 5.74) is 0. The summed E-state index contributed by atoms with van der Waals surface area (Å²) in [7, 11) is -1.88. The maximum absolute atomic E-state index is 10.8. The van der Waals surface area contributed by atoms with E-state index in [2.05, 4.69) is 39.8 Å². The van der Waals surface area contributed by atoms with Crippen LogP contribution in [0.3, 0.4) is 0 Å². The van der Waals surface area contributed by atoms with E-state index >= 15 is 0 Å². The topological polar surface area (TPSA) is 46.5 Å². The number of carboxylic acids is 1. The number of aliphatic carboxylic acids is 1. The predicted molar refractivity (Wildman–Crippen MR) is 76.9 cm³/mol. The molecule has 4 heteroatoms. The van der Waals surface area contributed by atoms with Gasteiger partial charge in [-0.05, 0) is 31.0 Å². The first-order valence-corrected chi connectivity index (χ1v) is 9.29. The lowest BCUT2D eigenvalue weighted by atomic mass is 10.0. The Labute approximate surface area is 112 Å². The van der Waals surface area contributed by atoms with Crippen LogP contribution in [0.4, 0.5) is 0 Å². The fourth-order valence-corrected chi connectivity index (χ4v) is 2.48. The highest BCUT2D eigenvalue weighted by molar-refractivity contribution is 6.74. The molecule has 0 spiro atoms. The van der Waals surface area contributed by atoms with Crippen molar-refractivity contribution in [3.63, 3.8) is 0 Å². The maximum atomic E-state index is 10.8. The third-order valence-electron chi connectivity index (χ3n) is 3.71. The van der Waals surface area contributed by atoms with Gasteiger partial charge < -0.3 is 9.53 Å². The average molecular weight is 270 g/mol. The summed E-state index contributed by atoms with van der Waals surface area (Å²) in [6.45, 7) is 12.5. The van der Waals surface area contributed by atoms with E-state index in [9.17, 15) is 4.79 Å². The van der Waals surface area contributed by atoms with Gasteiger partial charge in [0.2, 0.25) is 0 Å². The molecule has 0 aromatic rings. The highest BCUT2D eigenvalue weighted by Gasteiger charge is 2.38. The molecule has 3 nitrogen and oxygen atoms in total. The van der Waals surface area contributed by atoms with Gasteiger partial charge in [0.1, 0.15) is 6.10 Å². The van der Waals surface area contributed by atoms with Gasteiger partial charge in [0.15, 0.2) is 8.32 Å². The summed E-state index contributed by atoms with van der Waals surface area (Å²) in [5.74, 6) is 1.49. The van der Waals surface area contributed by atoms with Crippen molar-refractivity contribution < 1.29 is 14.3 Å². The summed E-state index contributed by atoms with van der Waals surface area (Å²) in [6, 6.07) is 0. The van der Waals surface area contributed by atoms with E-state index in [0.29, 0.717) is 12.8 Å². The molecule has 104 valence electrons. The van der Waals surface area contributed by atoms with Crippen molar-refractivity contribution in [1.82, 2.24) is 0 Å². The van der Waals surface area contributed by atoms with E-state index in [4.69, 9.17) is 16.0 Å². The van der Waals surface area contributed by atoms with Crippen LogP contribution in [0.1, 0.15) is 40.5 Å². The summed E-state index contributed by atoms with van der Waals surface area (Å²) in [4.78, 5) is 10.8. The molecule has 0 aliphatic carbocycles. The van der Waals surface area contributed by atoms with Crippen LogP contribution in [0, 0.1) is 18.3 Å².